The van der Waals surface area contributed by atoms with Crippen LogP contribution in [0.3, 0.4) is 0 Å². The Balaban J connectivity index is 2.77. The Bertz CT molecular complexity index is 530. The fourth-order valence-corrected chi connectivity index (χ4v) is 2.43. The van der Waals surface area contributed by atoms with Gasteiger partial charge in [-0.2, -0.15) is 0 Å². The van der Waals surface area contributed by atoms with Gasteiger partial charge in [-0.05, 0) is 36.0 Å². The zero-order valence-corrected chi connectivity index (χ0v) is 13.1. The van der Waals surface area contributed by atoms with E-state index in [9.17, 15) is 22.4 Å². The minimum Gasteiger partial charge on any atom is -0.403 e. The Kier molecular flexibility index (Phi) is 5.59. The highest BCUT2D eigenvalue weighted by atomic mass is 19.4. The molecule has 0 radical (unpaired) electrons. The van der Waals surface area contributed by atoms with Crippen molar-refractivity contribution in [2.45, 2.75) is 46.9 Å². The summed E-state index contributed by atoms with van der Waals surface area (Å²) in [5, 5.41) is 0. The zero-order chi connectivity index (χ0) is 17.1. The number of ketones is 1. The van der Waals surface area contributed by atoms with Gasteiger partial charge in [-0.15, -0.1) is 13.2 Å². The molecule has 1 aromatic carbocycles. The number of benzene rings is 1. The van der Waals surface area contributed by atoms with Crippen LogP contribution in [-0.4, -0.2) is 12.1 Å². The number of carbonyl (C=O) groups is 1. The second kappa shape index (κ2) is 6.67. The Morgan fingerprint density at radius 2 is 1.82 bits per heavy atom. The number of alkyl halides is 3. The van der Waals surface area contributed by atoms with Crippen LogP contribution in [0.25, 0.3) is 0 Å². The van der Waals surface area contributed by atoms with E-state index in [0.717, 1.165) is 24.6 Å². The maximum Gasteiger partial charge on any atom is 0.573 e. The third-order valence-corrected chi connectivity index (χ3v) is 2.97. The predicted octanol–water partition coefficient (Wildman–Crippen LogP) is 5.37. The molecule has 0 aliphatic rings. The molecule has 1 atom stereocenters. The molecule has 0 N–H and O–H groups in total. The summed E-state index contributed by atoms with van der Waals surface area (Å²) in [4.78, 5) is 12.1. The van der Waals surface area contributed by atoms with Crippen LogP contribution in [-0.2, 0) is 0 Å². The van der Waals surface area contributed by atoms with Crippen molar-refractivity contribution >= 4 is 5.78 Å². The molecular weight excluding hydrogens is 300 g/mol. The number of hydrogen-bond acceptors (Lipinski definition) is 2. The summed E-state index contributed by atoms with van der Waals surface area (Å²) in [6.07, 6.45) is -3.93. The van der Waals surface area contributed by atoms with E-state index in [2.05, 4.69) is 25.5 Å². The third kappa shape index (κ3) is 6.45. The molecule has 2 nitrogen and oxygen atoms in total. The summed E-state index contributed by atoms with van der Waals surface area (Å²) in [5.74, 6) is -2.34. The van der Waals surface area contributed by atoms with E-state index in [1.807, 2.05) is 6.92 Å². The molecule has 1 rings (SSSR count). The molecule has 0 amide bonds. The molecule has 0 heterocycles. The van der Waals surface area contributed by atoms with Gasteiger partial charge in [0.1, 0.15) is 0 Å². The Morgan fingerprint density at radius 1 is 1.23 bits per heavy atom. The van der Waals surface area contributed by atoms with E-state index in [0.29, 0.717) is 0 Å². The first-order valence-corrected chi connectivity index (χ1v) is 6.96. The molecule has 1 unspecified atom stereocenters. The van der Waals surface area contributed by atoms with Gasteiger partial charge in [-0.3, -0.25) is 4.79 Å². The van der Waals surface area contributed by atoms with Gasteiger partial charge in [0.15, 0.2) is 17.3 Å². The average Bonchev–Trinajstić information content (AvgIpc) is 2.27. The molecule has 0 aromatic heterocycles. The van der Waals surface area contributed by atoms with Gasteiger partial charge < -0.3 is 4.74 Å². The smallest absolute Gasteiger partial charge is 0.403 e. The van der Waals surface area contributed by atoms with Crippen molar-refractivity contribution in [3.8, 4) is 5.75 Å². The SMILES string of the molecule is CC(CC(=O)c1ccc(OC(F)(F)F)c(F)c1)CC(C)(C)C. The second-order valence-electron chi connectivity index (χ2n) is 6.69. The minimum atomic E-state index is -4.96. The highest BCUT2D eigenvalue weighted by molar-refractivity contribution is 5.96. The normalized spacial score (nSPS) is 13.8. The first kappa shape index (κ1) is 18.5. The Hall–Kier alpha value is -1.59. The molecule has 0 saturated carbocycles. The molecule has 22 heavy (non-hydrogen) atoms. The highest BCUT2D eigenvalue weighted by Gasteiger charge is 2.32. The highest BCUT2D eigenvalue weighted by Crippen LogP contribution is 2.29. The van der Waals surface area contributed by atoms with Gasteiger partial charge in [-0.1, -0.05) is 27.7 Å². The zero-order valence-electron chi connectivity index (χ0n) is 13.1. The molecule has 0 saturated heterocycles. The van der Waals surface area contributed by atoms with Crippen molar-refractivity contribution < 1.29 is 27.1 Å². The Labute approximate surface area is 127 Å². The van der Waals surface area contributed by atoms with Crippen molar-refractivity contribution in [1.29, 1.82) is 0 Å². The van der Waals surface area contributed by atoms with E-state index < -0.39 is 17.9 Å². The summed E-state index contributed by atoms with van der Waals surface area (Å²) < 4.78 is 53.3. The molecule has 0 aliphatic carbocycles. The van der Waals surface area contributed by atoms with Crippen LogP contribution in [0.5, 0.6) is 5.75 Å². The monoisotopic (exact) mass is 320 g/mol. The quantitative estimate of drug-likeness (QED) is 0.538. The van der Waals surface area contributed by atoms with Gasteiger partial charge in [0.2, 0.25) is 0 Å². The maximum atomic E-state index is 13.6. The summed E-state index contributed by atoms with van der Waals surface area (Å²) >= 11 is 0. The van der Waals surface area contributed by atoms with Crippen LogP contribution in [0.1, 0.15) is 50.9 Å². The lowest BCUT2D eigenvalue weighted by Crippen LogP contribution is -2.18. The van der Waals surface area contributed by atoms with Crippen LogP contribution in [0.2, 0.25) is 0 Å². The lowest BCUT2D eigenvalue weighted by Gasteiger charge is -2.22. The number of hydrogen-bond donors (Lipinski definition) is 0. The van der Waals surface area contributed by atoms with Crippen molar-refractivity contribution in [2.24, 2.45) is 11.3 Å². The van der Waals surface area contributed by atoms with Gasteiger partial charge in [0.25, 0.3) is 0 Å². The number of Topliss-reactive ketones (excluding diaryl/α,β-unsaturated/α-hetero) is 1. The largest absolute Gasteiger partial charge is 0.573 e. The van der Waals surface area contributed by atoms with E-state index in [-0.39, 0.29) is 29.1 Å². The van der Waals surface area contributed by atoms with Crippen LogP contribution >= 0.6 is 0 Å². The van der Waals surface area contributed by atoms with Gasteiger partial charge in [0.05, 0.1) is 0 Å². The summed E-state index contributed by atoms with van der Waals surface area (Å²) in [6, 6.07) is 2.76. The predicted molar refractivity (Wildman–Crippen MR) is 75.3 cm³/mol. The number of rotatable bonds is 5. The second-order valence-corrected chi connectivity index (χ2v) is 6.69. The van der Waals surface area contributed by atoms with Gasteiger partial charge >= 0.3 is 6.36 Å². The molecule has 0 aliphatic heterocycles. The fourth-order valence-electron chi connectivity index (χ4n) is 2.43. The van der Waals surface area contributed by atoms with Crippen LogP contribution in [0.4, 0.5) is 17.6 Å². The lowest BCUT2D eigenvalue weighted by molar-refractivity contribution is -0.275. The van der Waals surface area contributed by atoms with E-state index >= 15 is 0 Å². The van der Waals surface area contributed by atoms with Crippen molar-refractivity contribution in [1.82, 2.24) is 0 Å². The third-order valence-electron chi connectivity index (χ3n) is 2.97. The lowest BCUT2D eigenvalue weighted by atomic mass is 9.83. The first-order chi connectivity index (χ1) is 9.87. The summed E-state index contributed by atoms with van der Waals surface area (Å²) in [6.45, 7) is 8.07. The molecule has 124 valence electrons. The minimum absolute atomic E-state index is 0.0489. The Morgan fingerprint density at radius 3 is 2.27 bits per heavy atom. The molecule has 6 heteroatoms. The van der Waals surface area contributed by atoms with E-state index in [1.165, 1.54) is 0 Å². The van der Waals surface area contributed by atoms with Crippen molar-refractivity contribution in [3.05, 3.63) is 29.6 Å². The van der Waals surface area contributed by atoms with E-state index in [1.54, 1.807) is 0 Å². The van der Waals surface area contributed by atoms with Crippen molar-refractivity contribution in [3.63, 3.8) is 0 Å². The standard InChI is InChI=1S/C16H20F4O2/c1-10(9-15(2,3)4)7-13(21)11-5-6-14(12(17)8-11)22-16(18,19)20/h5-6,8,10H,7,9H2,1-4H3. The van der Waals surface area contributed by atoms with Gasteiger partial charge in [-0.25, -0.2) is 4.39 Å². The van der Waals surface area contributed by atoms with Gasteiger partial charge in [0, 0.05) is 12.0 Å². The summed E-state index contributed by atoms with van der Waals surface area (Å²) in [7, 11) is 0. The maximum absolute atomic E-state index is 13.6. The number of carbonyl (C=O) groups excluding carboxylic acids is 1. The number of ether oxygens (including phenoxy) is 1. The van der Waals surface area contributed by atoms with Crippen LogP contribution < -0.4 is 4.74 Å². The summed E-state index contributed by atoms with van der Waals surface area (Å²) in [5.41, 5.74) is 0.114. The molecule has 1 aromatic rings. The van der Waals surface area contributed by atoms with Crippen LogP contribution in [0.15, 0.2) is 18.2 Å². The van der Waals surface area contributed by atoms with Crippen LogP contribution in [0, 0.1) is 17.2 Å². The molecular formula is C16H20F4O2. The fraction of sp³-hybridized carbons (Fsp3) is 0.562. The molecule has 0 fully saturated rings. The molecule has 0 bridgehead atoms. The van der Waals surface area contributed by atoms with E-state index in [4.69, 9.17) is 0 Å². The van der Waals surface area contributed by atoms with Crippen molar-refractivity contribution in [2.75, 3.05) is 0 Å². The first-order valence-electron chi connectivity index (χ1n) is 6.96. The topological polar surface area (TPSA) is 26.3 Å². The molecule has 0 spiro atoms. The number of halogens is 4. The average molecular weight is 320 g/mol.